The summed E-state index contributed by atoms with van der Waals surface area (Å²) in [7, 11) is 0. The first-order chi connectivity index (χ1) is 8.61. The highest BCUT2D eigenvalue weighted by Gasteiger charge is 2.13. The minimum absolute atomic E-state index is 0.0300. The number of hydrogen-bond donors (Lipinski definition) is 1. The SMILES string of the molecule is CCOC(=O)COCCCCC(N)C(=O)OCC. The fourth-order valence-electron chi connectivity index (χ4n) is 1.29. The molecular weight excluding hydrogens is 238 g/mol. The lowest BCUT2D eigenvalue weighted by Gasteiger charge is -2.10. The van der Waals surface area contributed by atoms with E-state index in [-0.39, 0.29) is 18.5 Å². The molecule has 18 heavy (non-hydrogen) atoms. The fourth-order valence-corrected chi connectivity index (χ4v) is 1.29. The maximum Gasteiger partial charge on any atom is 0.332 e. The van der Waals surface area contributed by atoms with E-state index in [1.165, 1.54) is 0 Å². The van der Waals surface area contributed by atoms with Crippen LogP contribution >= 0.6 is 0 Å². The molecule has 0 heterocycles. The van der Waals surface area contributed by atoms with Gasteiger partial charge < -0.3 is 19.9 Å². The number of esters is 2. The molecule has 0 bridgehead atoms. The summed E-state index contributed by atoms with van der Waals surface area (Å²) in [6.07, 6.45) is 2.05. The van der Waals surface area contributed by atoms with Crippen molar-refractivity contribution in [1.82, 2.24) is 0 Å². The fraction of sp³-hybridized carbons (Fsp3) is 0.833. The Bertz CT molecular complexity index is 245. The lowest BCUT2D eigenvalue weighted by Crippen LogP contribution is -2.32. The van der Waals surface area contributed by atoms with Crippen LogP contribution in [0.4, 0.5) is 0 Å². The van der Waals surface area contributed by atoms with Crippen molar-refractivity contribution in [2.24, 2.45) is 5.73 Å². The molecule has 0 radical (unpaired) electrons. The molecule has 0 aromatic carbocycles. The Balaban J connectivity index is 3.40. The molecule has 0 fully saturated rings. The van der Waals surface area contributed by atoms with Gasteiger partial charge in [0, 0.05) is 6.61 Å². The van der Waals surface area contributed by atoms with Gasteiger partial charge in [0.25, 0.3) is 0 Å². The minimum atomic E-state index is -0.574. The van der Waals surface area contributed by atoms with Crippen LogP contribution in [0, 0.1) is 0 Å². The smallest absolute Gasteiger partial charge is 0.332 e. The lowest BCUT2D eigenvalue weighted by atomic mass is 10.1. The molecule has 0 aliphatic carbocycles. The maximum atomic E-state index is 11.2. The van der Waals surface area contributed by atoms with Crippen LogP contribution in [0.1, 0.15) is 33.1 Å². The number of rotatable bonds is 10. The Morgan fingerprint density at radius 1 is 1.11 bits per heavy atom. The number of carbonyl (C=O) groups excluding carboxylic acids is 2. The van der Waals surface area contributed by atoms with Gasteiger partial charge in [0.2, 0.25) is 0 Å². The highest BCUT2D eigenvalue weighted by molar-refractivity contribution is 5.75. The Labute approximate surface area is 108 Å². The van der Waals surface area contributed by atoms with Crippen LogP contribution in [0.5, 0.6) is 0 Å². The van der Waals surface area contributed by atoms with Gasteiger partial charge in [-0.1, -0.05) is 0 Å². The zero-order chi connectivity index (χ0) is 13.8. The van der Waals surface area contributed by atoms with E-state index in [4.69, 9.17) is 19.9 Å². The number of hydrogen-bond acceptors (Lipinski definition) is 6. The van der Waals surface area contributed by atoms with Crippen LogP contribution in [-0.4, -0.2) is 44.4 Å². The van der Waals surface area contributed by atoms with E-state index in [2.05, 4.69) is 0 Å². The molecule has 0 aromatic heterocycles. The molecule has 6 heteroatoms. The lowest BCUT2D eigenvalue weighted by molar-refractivity contribution is -0.148. The summed E-state index contributed by atoms with van der Waals surface area (Å²) in [5.74, 6) is -0.731. The molecule has 1 unspecified atom stereocenters. The summed E-state index contributed by atoms with van der Waals surface area (Å²) < 4.78 is 14.6. The molecule has 0 aliphatic rings. The highest BCUT2D eigenvalue weighted by Crippen LogP contribution is 2.01. The van der Waals surface area contributed by atoms with Crippen molar-refractivity contribution in [3.05, 3.63) is 0 Å². The molecule has 106 valence electrons. The van der Waals surface area contributed by atoms with E-state index >= 15 is 0 Å². The largest absolute Gasteiger partial charge is 0.465 e. The number of carbonyl (C=O) groups is 2. The van der Waals surface area contributed by atoms with Gasteiger partial charge in [-0.25, -0.2) is 4.79 Å². The van der Waals surface area contributed by atoms with Gasteiger partial charge in [0.15, 0.2) is 0 Å². The van der Waals surface area contributed by atoms with Crippen LogP contribution < -0.4 is 5.73 Å². The van der Waals surface area contributed by atoms with Crippen molar-refractivity contribution in [2.75, 3.05) is 26.4 Å². The van der Waals surface area contributed by atoms with Crippen molar-refractivity contribution in [2.45, 2.75) is 39.2 Å². The van der Waals surface area contributed by atoms with Gasteiger partial charge >= 0.3 is 11.9 Å². The van der Waals surface area contributed by atoms with Gasteiger partial charge in [0.05, 0.1) is 13.2 Å². The summed E-state index contributed by atoms with van der Waals surface area (Å²) in [4.78, 5) is 22.1. The van der Waals surface area contributed by atoms with Gasteiger partial charge in [-0.3, -0.25) is 4.79 Å². The Kier molecular flexibility index (Phi) is 10.3. The summed E-state index contributed by atoms with van der Waals surface area (Å²) in [5, 5.41) is 0. The predicted molar refractivity (Wildman–Crippen MR) is 65.9 cm³/mol. The monoisotopic (exact) mass is 261 g/mol. The van der Waals surface area contributed by atoms with E-state index in [1.807, 2.05) is 0 Å². The molecule has 0 aromatic rings. The van der Waals surface area contributed by atoms with Crippen LogP contribution in [0.25, 0.3) is 0 Å². The molecule has 0 aliphatic heterocycles. The molecule has 2 N–H and O–H groups in total. The molecule has 0 rings (SSSR count). The predicted octanol–water partition coefficient (Wildman–Crippen LogP) is 0.627. The van der Waals surface area contributed by atoms with Crippen molar-refractivity contribution in [3.8, 4) is 0 Å². The van der Waals surface area contributed by atoms with Crippen molar-refractivity contribution in [1.29, 1.82) is 0 Å². The summed E-state index contributed by atoms with van der Waals surface area (Å²) in [6.45, 7) is 4.61. The number of ether oxygens (including phenoxy) is 3. The number of nitrogens with two attached hydrogens (primary N) is 1. The molecule has 0 spiro atoms. The van der Waals surface area contributed by atoms with E-state index in [1.54, 1.807) is 13.8 Å². The van der Waals surface area contributed by atoms with Crippen LogP contribution in [-0.2, 0) is 23.8 Å². The molecule has 6 nitrogen and oxygen atoms in total. The van der Waals surface area contributed by atoms with Crippen LogP contribution in [0.3, 0.4) is 0 Å². The molecule has 0 amide bonds. The first-order valence-electron chi connectivity index (χ1n) is 6.27. The topological polar surface area (TPSA) is 87.9 Å². The van der Waals surface area contributed by atoms with Gasteiger partial charge in [-0.2, -0.15) is 0 Å². The highest BCUT2D eigenvalue weighted by atomic mass is 16.6. The zero-order valence-corrected chi connectivity index (χ0v) is 11.1. The molecule has 1 atom stereocenters. The second kappa shape index (κ2) is 11.0. The Hall–Kier alpha value is -1.14. The third-order valence-electron chi connectivity index (χ3n) is 2.17. The van der Waals surface area contributed by atoms with Crippen LogP contribution in [0.15, 0.2) is 0 Å². The third kappa shape index (κ3) is 8.95. The summed E-state index contributed by atoms with van der Waals surface area (Å²) >= 11 is 0. The Morgan fingerprint density at radius 3 is 2.39 bits per heavy atom. The van der Waals surface area contributed by atoms with Crippen molar-refractivity contribution < 1.29 is 23.8 Å². The second-order valence-electron chi connectivity index (χ2n) is 3.71. The summed E-state index contributed by atoms with van der Waals surface area (Å²) in [5.41, 5.74) is 5.62. The first kappa shape index (κ1) is 16.9. The first-order valence-corrected chi connectivity index (χ1v) is 6.27. The minimum Gasteiger partial charge on any atom is -0.465 e. The molecule has 0 saturated heterocycles. The summed E-state index contributed by atoms with van der Waals surface area (Å²) in [6, 6.07) is -0.574. The molecule has 0 saturated carbocycles. The van der Waals surface area contributed by atoms with E-state index < -0.39 is 6.04 Å². The quantitative estimate of drug-likeness (QED) is 0.458. The number of unbranched alkanes of at least 4 members (excludes halogenated alkanes) is 1. The van der Waals surface area contributed by atoms with Gasteiger partial charge in [-0.15, -0.1) is 0 Å². The zero-order valence-electron chi connectivity index (χ0n) is 11.1. The second-order valence-corrected chi connectivity index (χ2v) is 3.71. The van der Waals surface area contributed by atoms with Gasteiger partial charge in [0.1, 0.15) is 12.6 Å². The maximum absolute atomic E-state index is 11.2. The van der Waals surface area contributed by atoms with E-state index in [0.717, 1.165) is 12.8 Å². The van der Waals surface area contributed by atoms with Crippen molar-refractivity contribution >= 4 is 11.9 Å². The van der Waals surface area contributed by atoms with E-state index in [0.29, 0.717) is 26.2 Å². The Morgan fingerprint density at radius 2 is 1.78 bits per heavy atom. The van der Waals surface area contributed by atoms with Crippen molar-refractivity contribution in [3.63, 3.8) is 0 Å². The normalized spacial score (nSPS) is 11.9. The molecular formula is C12H23NO5. The average Bonchev–Trinajstić information content (AvgIpc) is 2.33. The standard InChI is InChI=1S/C12H23NO5/c1-3-17-11(14)9-16-8-6-5-7-10(13)12(15)18-4-2/h10H,3-9,13H2,1-2H3. The average molecular weight is 261 g/mol. The van der Waals surface area contributed by atoms with Gasteiger partial charge in [-0.05, 0) is 33.1 Å². The van der Waals surface area contributed by atoms with E-state index in [9.17, 15) is 9.59 Å². The van der Waals surface area contributed by atoms with Crippen LogP contribution in [0.2, 0.25) is 0 Å². The third-order valence-corrected chi connectivity index (χ3v) is 2.17.